The van der Waals surface area contributed by atoms with Crippen LogP contribution in [0.3, 0.4) is 0 Å². The molecule has 0 bridgehead atoms. The molecule has 1 aromatic heterocycles. The van der Waals surface area contributed by atoms with Gasteiger partial charge in [0.05, 0.1) is 11.9 Å². The fraction of sp³-hybridized carbons (Fsp3) is 0.368. The maximum Gasteiger partial charge on any atom is 0.169 e. The molecule has 0 amide bonds. The first-order valence-electron chi connectivity index (χ1n) is 8.17. The lowest BCUT2D eigenvalue weighted by Gasteiger charge is -2.11. The highest BCUT2D eigenvalue weighted by Crippen LogP contribution is 2.10. The van der Waals surface area contributed by atoms with Crippen LogP contribution in [0.25, 0.3) is 0 Å². The number of pyridine rings is 1. The third kappa shape index (κ3) is 6.41. The van der Waals surface area contributed by atoms with E-state index in [0.29, 0.717) is 0 Å². The number of para-hydroxylation sites is 1. The van der Waals surface area contributed by atoms with E-state index >= 15 is 0 Å². The number of hydrogen-bond acceptors (Lipinski definition) is 2. The number of hydrogen-bond donors (Lipinski definition) is 0. The van der Waals surface area contributed by atoms with Gasteiger partial charge in [-0.25, -0.2) is 4.57 Å². The summed E-state index contributed by atoms with van der Waals surface area (Å²) in [4.78, 5) is 0. The first kappa shape index (κ1) is 17.5. The summed E-state index contributed by atoms with van der Waals surface area (Å²) in [7, 11) is 1.95. The molecule has 0 fully saturated rings. The molecule has 0 saturated carbocycles. The van der Waals surface area contributed by atoms with Gasteiger partial charge in [-0.3, -0.25) is 5.01 Å². The number of unbranched alkanes of at least 4 members (excludes halogenated alkanes) is 3. The molecule has 0 N–H and O–H groups in total. The van der Waals surface area contributed by atoms with Crippen molar-refractivity contribution in [2.24, 2.45) is 5.10 Å². The molecular formula is C19H25ClN3+. The van der Waals surface area contributed by atoms with Crippen LogP contribution in [0, 0.1) is 0 Å². The Bertz CT molecular complexity index is 581. The zero-order valence-corrected chi connectivity index (χ0v) is 14.5. The summed E-state index contributed by atoms with van der Waals surface area (Å²) in [5.41, 5.74) is 2.18. The number of halogens is 1. The predicted molar refractivity (Wildman–Crippen MR) is 98.3 cm³/mol. The van der Waals surface area contributed by atoms with Crippen LogP contribution in [-0.2, 0) is 6.54 Å². The van der Waals surface area contributed by atoms with Gasteiger partial charge in [0.25, 0.3) is 0 Å². The maximum absolute atomic E-state index is 5.68. The Balaban J connectivity index is 1.81. The number of alkyl halides is 1. The maximum atomic E-state index is 5.68. The number of anilines is 1. The van der Waals surface area contributed by atoms with Crippen LogP contribution in [-0.4, -0.2) is 19.1 Å². The van der Waals surface area contributed by atoms with Crippen molar-refractivity contribution in [1.29, 1.82) is 0 Å². The Morgan fingerprint density at radius 3 is 2.39 bits per heavy atom. The summed E-state index contributed by atoms with van der Waals surface area (Å²) in [6.07, 6.45) is 10.9. The average Bonchev–Trinajstić information content (AvgIpc) is 2.61. The Kier molecular flexibility index (Phi) is 7.61. The lowest BCUT2D eigenvalue weighted by atomic mass is 10.2. The third-order valence-electron chi connectivity index (χ3n) is 3.73. The summed E-state index contributed by atoms with van der Waals surface area (Å²) < 4.78 is 2.22. The van der Waals surface area contributed by atoms with E-state index in [0.717, 1.165) is 30.1 Å². The quantitative estimate of drug-likeness (QED) is 0.221. The van der Waals surface area contributed by atoms with Gasteiger partial charge in [-0.05, 0) is 25.0 Å². The van der Waals surface area contributed by atoms with E-state index in [1.54, 1.807) is 0 Å². The molecule has 0 saturated heterocycles. The first-order valence-corrected chi connectivity index (χ1v) is 8.71. The molecule has 1 aromatic carbocycles. The smallest absolute Gasteiger partial charge is 0.169 e. The zero-order valence-electron chi connectivity index (χ0n) is 13.7. The van der Waals surface area contributed by atoms with Crippen molar-refractivity contribution in [1.82, 2.24) is 0 Å². The summed E-state index contributed by atoms with van der Waals surface area (Å²) in [6, 6.07) is 14.3. The monoisotopic (exact) mass is 330 g/mol. The van der Waals surface area contributed by atoms with Crippen molar-refractivity contribution >= 4 is 23.5 Å². The van der Waals surface area contributed by atoms with E-state index < -0.39 is 0 Å². The second kappa shape index (κ2) is 10.0. The fourth-order valence-electron chi connectivity index (χ4n) is 2.31. The Hall–Kier alpha value is -1.87. The fourth-order valence-corrected chi connectivity index (χ4v) is 2.50. The van der Waals surface area contributed by atoms with Crippen molar-refractivity contribution in [2.75, 3.05) is 17.9 Å². The molecule has 0 unspecified atom stereocenters. The van der Waals surface area contributed by atoms with Gasteiger partial charge in [0.2, 0.25) is 0 Å². The molecule has 0 atom stereocenters. The van der Waals surface area contributed by atoms with Crippen LogP contribution in [0.2, 0.25) is 0 Å². The van der Waals surface area contributed by atoms with Crippen LogP contribution in [0.1, 0.15) is 31.2 Å². The highest BCUT2D eigenvalue weighted by molar-refractivity contribution is 6.17. The van der Waals surface area contributed by atoms with Crippen LogP contribution in [0.5, 0.6) is 0 Å². The SMILES string of the molecule is CN(/N=C/c1cc[n+](CCCCCCCl)cc1)c1ccccc1. The standard InChI is InChI=1S/C19H25ClN3/c1-22(19-9-5-4-6-10-19)21-17-18-11-15-23(16-12-18)14-8-3-2-7-13-20/h4-6,9-12,15-17H,2-3,7-8,13-14H2,1H3/q+1. The van der Waals surface area contributed by atoms with Crippen molar-refractivity contribution in [3.05, 3.63) is 60.4 Å². The summed E-state index contributed by atoms with van der Waals surface area (Å²) in [6.45, 7) is 1.06. The summed E-state index contributed by atoms with van der Waals surface area (Å²) >= 11 is 5.68. The van der Waals surface area contributed by atoms with Crippen LogP contribution in [0.15, 0.2) is 60.0 Å². The van der Waals surface area contributed by atoms with Crippen molar-refractivity contribution < 1.29 is 4.57 Å². The Labute approximate surface area is 144 Å². The highest BCUT2D eigenvalue weighted by atomic mass is 35.5. The van der Waals surface area contributed by atoms with Crippen molar-refractivity contribution in [2.45, 2.75) is 32.2 Å². The minimum absolute atomic E-state index is 0.776. The predicted octanol–water partition coefficient (Wildman–Crippen LogP) is 4.24. The number of benzene rings is 1. The van der Waals surface area contributed by atoms with Gasteiger partial charge in [-0.1, -0.05) is 24.6 Å². The molecule has 1 heterocycles. The molecular weight excluding hydrogens is 306 g/mol. The third-order valence-corrected chi connectivity index (χ3v) is 3.99. The van der Waals surface area contributed by atoms with Gasteiger partial charge in [-0.2, -0.15) is 5.10 Å². The van der Waals surface area contributed by atoms with Crippen LogP contribution in [0.4, 0.5) is 5.69 Å². The van der Waals surface area contributed by atoms with Crippen molar-refractivity contribution in [3.63, 3.8) is 0 Å². The molecule has 2 aromatic rings. The highest BCUT2D eigenvalue weighted by Gasteiger charge is 2.01. The molecule has 0 radical (unpaired) electrons. The Morgan fingerprint density at radius 1 is 1.00 bits per heavy atom. The number of nitrogens with zero attached hydrogens (tertiary/aromatic N) is 3. The molecule has 0 aliphatic rings. The van der Waals surface area contributed by atoms with Gasteiger partial charge in [0.1, 0.15) is 6.54 Å². The molecule has 3 nitrogen and oxygen atoms in total. The molecule has 4 heteroatoms. The molecule has 122 valence electrons. The van der Waals surface area contributed by atoms with E-state index in [9.17, 15) is 0 Å². The largest absolute Gasteiger partial charge is 0.269 e. The van der Waals surface area contributed by atoms with Gasteiger partial charge >= 0.3 is 0 Å². The molecule has 23 heavy (non-hydrogen) atoms. The van der Waals surface area contributed by atoms with Gasteiger partial charge < -0.3 is 0 Å². The second-order valence-corrected chi connectivity index (χ2v) is 5.95. The minimum Gasteiger partial charge on any atom is -0.269 e. The minimum atomic E-state index is 0.776. The number of hydrazone groups is 1. The molecule has 2 rings (SSSR count). The topological polar surface area (TPSA) is 19.5 Å². The normalized spacial score (nSPS) is 11.0. The summed E-state index contributed by atoms with van der Waals surface area (Å²) in [5, 5.41) is 6.35. The molecule has 0 aliphatic heterocycles. The lowest BCUT2D eigenvalue weighted by Crippen LogP contribution is -2.32. The van der Waals surface area contributed by atoms with E-state index in [1.807, 2.05) is 48.6 Å². The van der Waals surface area contributed by atoms with E-state index in [2.05, 4.69) is 34.2 Å². The van der Waals surface area contributed by atoms with Crippen LogP contribution < -0.4 is 9.58 Å². The molecule has 0 spiro atoms. The Morgan fingerprint density at radius 2 is 1.70 bits per heavy atom. The first-order chi connectivity index (χ1) is 11.3. The average molecular weight is 331 g/mol. The summed E-state index contributed by atoms with van der Waals surface area (Å²) in [5.74, 6) is 0.776. The van der Waals surface area contributed by atoms with E-state index in [-0.39, 0.29) is 0 Å². The number of aryl methyl sites for hydroxylation is 1. The van der Waals surface area contributed by atoms with E-state index in [4.69, 9.17) is 11.6 Å². The van der Waals surface area contributed by atoms with Crippen molar-refractivity contribution in [3.8, 4) is 0 Å². The van der Waals surface area contributed by atoms with Crippen LogP contribution >= 0.6 is 11.6 Å². The van der Waals surface area contributed by atoms with Gasteiger partial charge in [0, 0.05) is 37.0 Å². The second-order valence-electron chi connectivity index (χ2n) is 5.58. The molecule has 0 aliphatic carbocycles. The van der Waals surface area contributed by atoms with E-state index in [1.165, 1.54) is 19.3 Å². The van der Waals surface area contributed by atoms with Gasteiger partial charge in [-0.15, -0.1) is 11.6 Å². The number of rotatable bonds is 9. The zero-order chi connectivity index (χ0) is 16.3. The van der Waals surface area contributed by atoms with Gasteiger partial charge in [0.15, 0.2) is 12.4 Å². The lowest BCUT2D eigenvalue weighted by molar-refractivity contribution is -0.697. The number of aromatic nitrogens is 1.